The maximum absolute atomic E-state index is 11.8. The number of aromatic nitrogens is 3. The van der Waals surface area contributed by atoms with Gasteiger partial charge in [-0.25, -0.2) is 14.9 Å². The van der Waals surface area contributed by atoms with Crippen LogP contribution in [0.4, 0.5) is 0 Å². The molecule has 1 N–H and O–H groups in total. The van der Waals surface area contributed by atoms with E-state index in [2.05, 4.69) is 15.6 Å². The van der Waals surface area contributed by atoms with E-state index in [0.29, 0.717) is 5.76 Å². The molecule has 0 bridgehead atoms. The Kier molecular flexibility index (Phi) is 4.94. The number of carbonyl (C=O) groups is 1. The molecule has 0 atom stereocenters. The molecule has 0 saturated heterocycles. The summed E-state index contributed by atoms with van der Waals surface area (Å²) in [5, 5.41) is 7.60. The molecular formula is C12H13N5O4S. The molecule has 0 aliphatic carbocycles. The highest BCUT2D eigenvalue weighted by Crippen LogP contribution is 2.07. The summed E-state index contributed by atoms with van der Waals surface area (Å²) in [6.07, 6.45) is 2.84. The fourth-order valence-corrected chi connectivity index (χ4v) is 2.23. The third-order valence-corrected chi connectivity index (χ3v) is 3.49. The molecule has 1 amide bonds. The second kappa shape index (κ2) is 6.89. The fraction of sp³-hybridized carbons (Fsp3) is 0.250. The number of aryl methyl sites for hydroxylation is 1. The molecule has 0 unspecified atom stereocenters. The molecule has 0 aliphatic heterocycles. The van der Waals surface area contributed by atoms with Crippen LogP contribution < -0.4 is 16.7 Å². The van der Waals surface area contributed by atoms with Gasteiger partial charge in [0.25, 0.3) is 5.56 Å². The van der Waals surface area contributed by atoms with Gasteiger partial charge in [0, 0.05) is 14.1 Å². The van der Waals surface area contributed by atoms with Crippen molar-refractivity contribution >= 4 is 23.9 Å². The highest BCUT2D eigenvalue weighted by Gasteiger charge is 2.11. The highest BCUT2D eigenvalue weighted by molar-refractivity contribution is 7.99. The number of rotatable bonds is 5. The summed E-state index contributed by atoms with van der Waals surface area (Å²) in [7, 11) is 2.78. The molecular weight excluding hydrogens is 310 g/mol. The molecule has 2 heterocycles. The number of nitrogens with zero attached hydrogens (tertiary/aromatic N) is 4. The highest BCUT2D eigenvalue weighted by atomic mass is 32.2. The van der Waals surface area contributed by atoms with E-state index in [1.54, 1.807) is 12.1 Å². The van der Waals surface area contributed by atoms with Crippen molar-refractivity contribution in [1.29, 1.82) is 0 Å². The van der Waals surface area contributed by atoms with Crippen LogP contribution >= 0.6 is 11.8 Å². The maximum Gasteiger partial charge on any atom is 0.346 e. The standard InChI is InChI=1S/C12H13N5O4S/c1-16-11(19)10(15-17(2)12(16)20)22-7-9(18)14-13-6-8-4-3-5-21-8/h3-6H,7H2,1-2H3,(H,14,18)/b13-6-. The third kappa shape index (κ3) is 3.73. The van der Waals surface area contributed by atoms with Crippen LogP contribution in [0.5, 0.6) is 0 Å². The van der Waals surface area contributed by atoms with Crippen LogP contribution in [-0.4, -0.2) is 32.2 Å². The number of amides is 1. The lowest BCUT2D eigenvalue weighted by Gasteiger charge is -2.04. The summed E-state index contributed by atoms with van der Waals surface area (Å²) in [6, 6.07) is 3.38. The van der Waals surface area contributed by atoms with Crippen LogP contribution in [0.25, 0.3) is 0 Å². The largest absolute Gasteiger partial charge is 0.463 e. The molecule has 22 heavy (non-hydrogen) atoms. The van der Waals surface area contributed by atoms with Gasteiger partial charge in [-0.05, 0) is 12.1 Å². The first kappa shape index (κ1) is 15.8. The summed E-state index contributed by atoms with van der Waals surface area (Å²) < 4.78 is 6.98. The fourth-order valence-electron chi connectivity index (χ4n) is 1.46. The van der Waals surface area contributed by atoms with Crippen LogP contribution in [0, 0.1) is 0 Å². The minimum atomic E-state index is -0.542. The number of thioether (sulfide) groups is 1. The van der Waals surface area contributed by atoms with Crippen molar-refractivity contribution in [3.05, 3.63) is 45.0 Å². The zero-order valence-electron chi connectivity index (χ0n) is 11.8. The zero-order valence-corrected chi connectivity index (χ0v) is 12.7. The average molecular weight is 323 g/mol. The predicted molar refractivity (Wildman–Crippen MR) is 79.9 cm³/mol. The predicted octanol–water partition coefficient (Wildman–Crippen LogP) is -0.686. The topological polar surface area (TPSA) is 111 Å². The lowest BCUT2D eigenvalue weighted by molar-refractivity contribution is -0.118. The molecule has 9 nitrogen and oxygen atoms in total. The Labute approximate surface area is 128 Å². The van der Waals surface area contributed by atoms with Crippen molar-refractivity contribution in [3.63, 3.8) is 0 Å². The lowest BCUT2D eigenvalue weighted by Crippen LogP contribution is -2.39. The van der Waals surface area contributed by atoms with Gasteiger partial charge < -0.3 is 4.42 Å². The van der Waals surface area contributed by atoms with Gasteiger partial charge in [0.15, 0.2) is 5.03 Å². The van der Waals surface area contributed by atoms with E-state index in [1.807, 2.05) is 0 Å². The van der Waals surface area contributed by atoms with Crippen molar-refractivity contribution in [2.24, 2.45) is 19.2 Å². The Bertz CT molecular complexity index is 806. The lowest BCUT2D eigenvalue weighted by atomic mass is 10.5. The van der Waals surface area contributed by atoms with E-state index in [9.17, 15) is 14.4 Å². The van der Waals surface area contributed by atoms with Crippen molar-refractivity contribution < 1.29 is 9.21 Å². The molecule has 2 rings (SSSR count). The number of carbonyl (C=O) groups excluding carboxylic acids is 1. The summed E-state index contributed by atoms with van der Waals surface area (Å²) in [5.41, 5.74) is 1.23. The van der Waals surface area contributed by atoms with Gasteiger partial charge in [-0.1, -0.05) is 11.8 Å². The van der Waals surface area contributed by atoms with E-state index in [4.69, 9.17) is 4.42 Å². The normalized spacial score (nSPS) is 11.0. The van der Waals surface area contributed by atoms with Gasteiger partial charge in [0.05, 0.1) is 18.2 Å². The minimum absolute atomic E-state index is 0.0596. The van der Waals surface area contributed by atoms with Crippen LogP contribution in [0.15, 0.2) is 42.5 Å². The first-order valence-corrected chi connectivity index (χ1v) is 7.10. The molecule has 10 heteroatoms. The van der Waals surface area contributed by atoms with Crippen molar-refractivity contribution in [2.45, 2.75) is 5.03 Å². The van der Waals surface area contributed by atoms with Crippen LogP contribution in [0.3, 0.4) is 0 Å². The Morgan fingerprint density at radius 2 is 2.27 bits per heavy atom. The second-order valence-electron chi connectivity index (χ2n) is 4.17. The second-order valence-corrected chi connectivity index (χ2v) is 5.14. The SMILES string of the molecule is Cn1nc(SCC(=O)N/N=C\c2ccco2)c(=O)n(C)c1=O. The molecule has 0 radical (unpaired) electrons. The summed E-state index contributed by atoms with van der Waals surface area (Å²) in [6.45, 7) is 0. The van der Waals surface area contributed by atoms with E-state index >= 15 is 0 Å². The number of hydrazone groups is 1. The zero-order chi connectivity index (χ0) is 16.1. The van der Waals surface area contributed by atoms with E-state index in [-0.39, 0.29) is 10.8 Å². The van der Waals surface area contributed by atoms with E-state index in [0.717, 1.165) is 21.0 Å². The summed E-state index contributed by atoms with van der Waals surface area (Å²) >= 11 is 0.927. The molecule has 2 aromatic rings. The van der Waals surface area contributed by atoms with Gasteiger partial charge in [-0.2, -0.15) is 10.2 Å². The molecule has 0 fully saturated rings. The summed E-state index contributed by atoms with van der Waals surface area (Å²) in [5.74, 6) is 0.0303. The average Bonchev–Trinajstić information content (AvgIpc) is 3.01. The monoisotopic (exact) mass is 323 g/mol. The number of nitrogens with one attached hydrogen (secondary N) is 1. The molecule has 116 valence electrons. The Morgan fingerprint density at radius 1 is 1.50 bits per heavy atom. The van der Waals surface area contributed by atoms with Gasteiger partial charge in [-0.3, -0.25) is 14.2 Å². The van der Waals surface area contributed by atoms with Gasteiger partial charge >= 0.3 is 5.69 Å². The van der Waals surface area contributed by atoms with Crippen LogP contribution in [0.1, 0.15) is 5.76 Å². The van der Waals surface area contributed by atoms with Crippen molar-refractivity contribution in [2.75, 3.05) is 5.75 Å². The Balaban J connectivity index is 1.94. The molecule has 2 aromatic heterocycles. The van der Waals surface area contributed by atoms with E-state index < -0.39 is 17.2 Å². The van der Waals surface area contributed by atoms with Gasteiger partial charge in [0.1, 0.15) is 5.76 Å². The van der Waals surface area contributed by atoms with Crippen LogP contribution in [0.2, 0.25) is 0 Å². The van der Waals surface area contributed by atoms with Gasteiger partial charge in [-0.15, -0.1) is 0 Å². The smallest absolute Gasteiger partial charge is 0.346 e. The number of hydrogen-bond acceptors (Lipinski definition) is 7. The van der Waals surface area contributed by atoms with E-state index in [1.165, 1.54) is 26.6 Å². The maximum atomic E-state index is 11.8. The number of furan rings is 1. The van der Waals surface area contributed by atoms with Crippen molar-refractivity contribution in [1.82, 2.24) is 19.8 Å². The quantitative estimate of drug-likeness (QED) is 0.443. The first-order valence-electron chi connectivity index (χ1n) is 6.11. The molecule has 0 saturated carbocycles. The Hall–Kier alpha value is -2.62. The Morgan fingerprint density at radius 3 is 2.95 bits per heavy atom. The third-order valence-electron chi connectivity index (χ3n) is 2.56. The molecule has 0 aliphatic rings. The minimum Gasteiger partial charge on any atom is -0.463 e. The summed E-state index contributed by atoms with van der Waals surface area (Å²) in [4.78, 5) is 34.9. The first-order chi connectivity index (χ1) is 10.5. The van der Waals surface area contributed by atoms with Crippen molar-refractivity contribution in [3.8, 4) is 0 Å². The number of hydrogen-bond donors (Lipinski definition) is 1. The van der Waals surface area contributed by atoms with Gasteiger partial charge in [0.2, 0.25) is 5.91 Å². The molecule has 0 aromatic carbocycles. The van der Waals surface area contributed by atoms with Crippen LogP contribution in [-0.2, 0) is 18.9 Å². The molecule has 0 spiro atoms.